The molecule has 0 fully saturated rings. The van der Waals surface area contributed by atoms with Crippen molar-refractivity contribution in [2.24, 2.45) is 5.92 Å². The molecule has 0 unspecified atom stereocenters. The fourth-order valence-electron chi connectivity index (χ4n) is 4.02. The van der Waals surface area contributed by atoms with Crippen molar-refractivity contribution in [3.05, 3.63) is 64.1 Å². The van der Waals surface area contributed by atoms with Crippen LogP contribution in [-0.2, 0) is 16.1 Å². The van der Waals surface area contributed by atoms with E-state index >= 15 is 0 Å². The molecule has 2 aromatic rings. The third-order valence-corrected chi connectivity index (χ3v) is 5.98. The summed E-state index contributed by atoms with van der Waals surface area (Å²) in [4.78, 5) is 25.8. The van der Waals surface area contributed by atoms with Crippen LogP contribution in [0, 0.1) is 11.7 Å². The van der Waals surface area contributed by atoms with Gasteiger partial charge in [-0.05, 0) is 6.07 Å². The van der Waals surface area contributed by atoms with Crippen LogP contribution < -0.4 is 14.2 Å². The Morgan fingerprint density at radius 1 is 1.19 bits per heavy atom. The quantitative estimate of drug-likeness (QED) is 0.672. The average molecular weight is 447 g/mol. The molecule has 2 aromatic carbocycles. The Hall–Kier alpha value is -3.06. The highest BCUT2D eigenvalue weighted by Crippen LogP contribution is 2.54. The summed E-state index contributed by atoms with van der Waals surface area (Å²) in [6.45, 7) is 1.61. The number of halogens is 2. The highest BCUT2D eigenvalue weighted by molar-refractivity contribution is 6.35. The summed E-state index contributed by atoms with van der Waals surface area (Å²) in [5.41, 5.74) is -1.12. The Morgan fingerprint density at radius 3 is 2.61 bits per heavy atom. The van der Waals surface area contributed by atoms with Crippen molar-refractivity contribution in [3.8, 4) is 17.2 Å². The van der Waals surface area contributed by atoms with Gasteiger partial charge in [-0.3, -0.25) is 9.59 Å². The summed E-state index contributed by atoms with van der Waals surface area (Å²) in [6, 6.07) is 7.65. The molecule has 31 heavy (non-hydrogen) atoms. The van der Waals surface area contributed by atoms with Crippen molar-refractivity contribution in [1.82, 2.24) is 0 Å². The number of hydrogen-bond donors (Lipinski definition) is 0. The molecule has 1 heterocycles. The van der Waals surface area contributed by atoms with E-state index in [4.69, 9.17) is 30.5 Å². The van der Waals surface area contributed by atoms with Gasteiger partial charge in [0, 0.05) is 30.0 Å². The predicted molar refractivity (Wildman–Crippen MR) is 110 cm³/mol. The largest absolute Gasteiger partial charge is 0.496 e. The Kier molecular flexibility index (Phi) is 5.39. The van der Waals surface area contributed by atoms with Crippen LogP contribution in [0.25, 0.3) is 0 Å². The van der Waals surface area contributed by atoms with E-state index in [1.165, 1.54) is 32.4 Å². The average Bonchev–Trinajstić information content (AvgIpc) is 3.06. The fraction of sp³-hybridized carbons (Fsp3) is 0.304. The minimum atomic E-state index is -1.54. The number of ketones is 2. The van der Waals surface area contributed by atoms with Crippen LogP contribution in [0.4, 0.5) is 4.39 Å². The SMILES string of the molecule is COC1=CC(=O)C[C@@H](C)[C@]12Oc1c(Cl)c(OC)cc(OCc3ccccc3F)c1C2=O. The summed E-state index contributed by atoms with van der Waals surface area (Å²) < 4.78 is 36.7. The number of carbonyl (C=O) groups is 2. The highest BCUT2D eigenvalue weighted by Gasteiger charge is 2.59. The van der Waals surface area contributed by atoms with Crippen LogP contribution in [0.3, 0.4) is 0 Å². The number of rotatable bonds is 5. The second-order valence-corrected chi connectivity index (χ2v) is 7.80. The standard InChI is InChI=1S/C23H20ClFO6/c1-12-8-14(26)9-18(29-3)23(12)22(27)19-16(10-17(28-2)20(24)21(19)31-23)30-11-13-6-4-5-7-15(13)25/h4-7,9-10,12H,8,11H2,1-3H3/t12-,23+/m1/s1. The van der Waals surface area contributed by atoms with Gasteiger partial charge < -0.3 is 18.9 Å². The zero-order valence-corrected chi connectivity index (χ0v) is 17.9. The number of hydrogen-bond acceptors (Lipinski definition) is 6. The summed E-state index contributed by atoms with van der Waals surface area (Å²) in [6.07, 6.45) is 1.38. The van der Waals surface area contributed by atoms with Crippen molar-refractivity contribution in [2.45, 2.75) is 25.6 Å². The molecule has 0 saturated heterocycles. The number of benzene rings is 2. The molecule has 0 amide bonds. The van der Waals surface area contributed by atoms with Crippen LogP contribution in [0.1, 0.15) is 29.3 Å². The van der Waals surface area contributed by atoms with E-state index in [9.17, 15) is 14.0 Å². The molecular formula is C23H20ClFO6. The lowest BCUT2D eigenvalue weighted by molar-refractivity contribution is -0.118. The van der Waals surface area contributed by atoms with Gasteiger partial charge in [0.05, 0.1) is 14.2 Å². The third-order valence-electron chi connectivity index (χ3n) is 5.62. The minimum Gasteiger partial charge on any atom is -0.496 e. The lowest BCUT2D eigenvalue weighted by Crippen LogP contribution is -2.51. The number of fused-ring (bicyclic) bond motifs is 1. The number of methoxy groups -OCH3 is 2. The van der Waals surface area contributed by atoms with Crippen molar-refractivity contribution < 1.29 is 32.9 Å². The molecule has 162 valence electrons. The van der Waals surface area contributed by atoms with Crippen LogP contribution in [0.15, 0.2) is 42.2 Å². The molecule has 0 aromatic heterocycles. The van der Waals surface area contributed by atoms with Crippen molar-refractivity contribution in [1.29, 1.82) is 0 Å². The molecule has 2 aliphatic rings. The maximum Gasteiger partial charge on any atom is 0.231 e. The van der Waals surface area contributed by atoms with E-state index < -0.39 is 23.1 Å². The Labute approximate surface area is 183 Å². The molecule has 0 bridgehead atoms. The second-order valence-electron chi connectivity index (χ2n) is 7.43. The zero-order chi connectivity index (χ0) is 22.3. The third kappa shape index (κ3) is 3.24. The molecule has 4 rings (SSSR count). The molecule has 0 saturated carbocycles. The Balaban J connectivity index is 1.82. The van der Waals surface area contributed by atoms with Crippen LogP contribution in [0.2, 0.25) is 5.02 Å². The molecule has 1 aliphatic heterocycles. The van der Waals surface area contributed by atoms with Crippen LogP contribution in [0.5, 0.6) is 17.2 Å². The van der Waals surface area contributed by atoms with Crippen LogP contribution >= 0.6 is 11.6 Å². The minimum absolute atomic E-state index is 0.0821. The first-order chi connectivity index (χ1) is 14.8. The van der Waals surface area contributed by atoms with E-state index in [1.807, 2.05) is 0 Å². The van der Waals surface area contributed by atoms with Crippen molar-refractivity contribution in [3.63, 3.8) is 0 Å². The van der Waals surface area contributed by atoms with Crippen molar-refractivity contribution in [2.75, 3.05) is 14.2 Å². The van der Waals surface area contributed by atoms with Gasteiger partial charge >= 0.3 is 0 Å². The monoisotopic (exact) mass is 446 g/mol. The maximum atomic E-state index is 14.0. The molecule has 1 spiro atoms. The van der Waals surface area contributed by atoms with Gasteiger partial charge in [0.2, 0.25) is 11.4 Å². The van der Waals surface area contributed by atoms with Gasteiger partial charge in [-0.2, -0.15) is 0 Å². The maximum absolute atomic E-state index is 14.0. The first-order valence-electron chi connectivity index (χ1n) is 9.63. The van der Waals surface area contributed by atoms with Gasteiger partial charge in [-0.1, -0.05) is 36.7 Å². The molecule has 8 heteroatoms. The summed E-state index contributed by atoms with van der Waals surface area (Å²) in [5, 5.41) is 0.0977. The smallest absolute Gasteiger partial charge is 0.231 e. The summed E-state index contributed by atoms with van der Waals surface area (Å²) in [7, 11) is 2.79. The van der Waals surface area contributed by atoms with Gasteiger partial charge in [0.15, 0.2) is 17.3 Å². The first-order valence-corrected chi connectivity index (χ1v) is 10.0. The van der Waals surface area contributed by atoms with Crippen LogP contribution in [-0.4, -0.2) is 31.4 Å². The van der Waals surface area contributed by atoms with Gasteiger partial charge in [-0.15, -0.1) is 0 Å². The summed E-state index contributed by atoms with van der Waals surface area (Å²) in [5.74, 6) is -0.987. The lowest BCUT2D eigenvalue weighted by atomic mass is 9.75. The molecular weight excluding hydrogens is 427 g/mol. The number of Topliss-reactive ketones (excluding diaryl/α,β-unsaturated/α-hetero) is 1. The second kappa shape index (κ2) is 7.89. The lowest BCUT2D eigenvalue weighted by Gasteiger charge is -2.36. The molecule has 1 aliphatic carbocycles. The first kappa shape index (κ1) is 21.2. The molecule has 0 radical (unpaired) electrons. The molecule has 2 atom stereocenters. The Morgan fingerprint density at radius 2 is 1.94 bits per heavy atom. The number of ether oxygens (including phenoxy) is 4. The Bertz CT molecular complexity index is 1110. The van der Waals surface area contributed by atoms with E-state index in [0.717, 1.165) is 0 Å². The van der Waals surface area contributed by atoms with Gasteiger partial charge in [-0.25, -0.2) is 4.39 Å². The fourth-order valence-corrected chi connectivity index (χ4v) is 4.29. The van der Waals surface area contributed by atoms with E-state index in [2.05, 4.69) is 0 Å². The van der Waals surface area contributed by atoms with E-state index in [-0.39, 0.29) is 52.4 Å². The topological polar surface area (TPSA) is 71.1 Å². The van der Waals surface area contributed by atoms with E-state index in [1.54, 1.807) is 25.1 Å². The normalized spacial score (nSPS) is 22.1. The predicted octanol–water partition coefficient (Wildman–Crippen LogP) is 4.52. The zero-order valence-electron chi connectivity index (χ0n) is 17.2. The molecule has 0 N–H and O–H groups in total. The number of allylic oxidation sites excluding steroid dienone is 1. The van der Waals surface area contributed by atoms with E-state index in [0.29, 0.717) is 5.56 Å². The van der Waals surface area contributed by atoms with Gasteiger partial charge in [0.25, 0.3) is 0 Å². The highest BCUT2D eigenvalue weighted by atomic mass is 35.5. The summed E-state index contributed by atoms with van der Waals surface area (Å²) >= 11 is 6.46. The molecule has 6 nitrogen and oxygen atoms in total. The van der Waals surface area contributed by atoms with Gasteiger partial charge in [0.1, 0.15) is 34.5 Å². The number of carbonyl (C=O) groups excluding carboxylic acids is 2. The van der Waals surface area contributed by atoms with Crippen molar-refractivity contribution >= 4 is 23.2 Å².